The van der Waals surface area contributed by atoms with Crippen molar-refractivity contribution in [3.8, 4) is 11.9 Å². The number of aliphatic imine (C=N–C) groups is 1. The summed E-state index contributed by atoms with van der Waals surface area (Å²) in [5.74, 6) is 0.995. The van der Waals surface area contributed by atoms with Crippen molar-refractivity contribution in [2.45, 2.75) is 18.3 Å². The maximum Gasteiger partial charge on any atom is 0.255 e. The molecular weight excluding hydrogens is 378 g/mol. The lowest BCUT2D eigenvalue weighted by Crippen LogP contribution is -2.52. The van der Waals surface area contributed by atoms with Crippen molar-refractivity contribution in [1.82, 2.24) is 15.5 Å². The Kier molecular flexibility index (Phi) is 6.91. The van der Waals surface area contributed by atoms with Crippen LogP contribution >= 0.6 is 0 Å². The summed E-state index contributed by atoms with van der Waals surface area (Å²) in [7, 11) is 3.24. The Labute approximate surface area is 177 Å². The number of para-hydroxylation sites is 1. The number of guanidine groups is 1. The van der Waals surface area contributed by atoms with Crippen LogP contribution in [-0.2, 0) is 5.41 Å². The Morgan fingerprint density at radius 2 is 1.83 bits per heavy atom. The van der Waals surface area contributed by atoms with Crippen LogP contribution in [0, 0.1) is 11.5 Å². The van der Waals surface area contributed by atoms with E-state index >= 15 is 0 Å². The Hall–Kier alpha value is -3.53. The fraction of sp³-hybridized carbons (Fsp3) is 0.348. The zero-order valence-electron chi connectivity index (χ0n) is 17.4. The molecule has 1 heterocycles. The molecule has 1 fully saturated rings. The van der Waals surface area contributed by atoms with Crippen LogP contribution in [0.2, 0.25) is 0 Å². The van der Waals surface area contributed by atoms with Gasteiger partial charge in [-0.2, -0.15) is 5.26 Å². The van der Waals surface area contributed by atoms with E-state index in [1.807, 2.05) is 36.5 Å². The highest BCUT2D eigenvalue weighted by Crippen LogP contribution is 2.35. The van der Waals surface area contributed by atoms with Gasteiger partial charge in [-0.05, 0) is 30.5 Å². The zero-order chi connectivity index (χ0) is 21.4. The molecule has 0 bridgehead atoms. The summed E-state index contributed by atoms with van der Waals surface area (Å²) in [5, 5.41) is 14.7. The molecule has 1 aliphatic rings. The van der Waals surface area contributed by atoms with Crippen LogP contribution in [0.15, 0.2) is 59.6 Å². The first-order chi connectivity index (χ1) is 14.6. The van der Waals surface area contributed by atoms with Crippen LogP contribution in [0.1, 0.15) is 28.8 Å². The number of piperidine rings is 1. The van der Waals surface area contributed by atoms with Gasteiger partial charge in [0.2, 0.25) is 5.96 Å². The van der Waals surface area contributed by atoms with Gasteiger partial charge >= 0.3 is 0 Å². The lowest BCUT2D eigenvalue weighted by Gasteiger charge is -2.43. The highest BCUT2D eigenvalue weighted by atomic mass is 16.5. The predicted octanol–water partition coefficient (Wildman–Crippen LogP) is 2.52. The van der Waals surface area contributed by atoms with Crippen molar-refractivity contribution in [3.63, 3.8) is 0 Å². The van der Waals surface area contributed by atoms with E-state index in [0.29, 0.717) is 23.8 Å². The number of rotatable bonds is 5. The second-order valence-electron chi connectivity index (χ2n) is 7.30. The third-order valence-corrected chi connectivity index (χ3v) is 5.72. The normalized spacial score (nSPS) is 15.8. The van der Waals surface area contributed by atoms with Crippen molar-refractivity contribution in [2.75, 3.05) is 33.8 Å². The minimum Gasteiger partial charge on any atom is -0.496 e. The molecule has 1 saturated heterocycles. The Morgan fingerprint density at radius 3 is 2.47 bits per heavy atom. The molecule has 0 atom stereocenters. The number of amides is 1. The van der Waals surface area contributed by atoms with E-state index in [-0.39, 0.29) is 11.3 Å². The standard InChI is InChI=1S/C23H27N5O2/c1-25-22(27-17-24)28-14-12-23(13-15-28,18-8-4-3-5-9-18)16-26-21(29)19-10-6-7-11-20(19)30-2/h3-11H,12-16H2,1-2H3,(H,25,27)(H,26,29). The first kappa shape index (κ1) is 21.2. The van der Waals surface area contributed by atoms with Crippen molar-refractivity contribution in [1.29, 1.82) is 5.26 Å². The number of methoxy groups -OCH3 is 1. The summed E-state index contributed by atoms with van der Waals surface area (Å²) in [4.78, 5) is 19.1. The molecule has 0 spiro atoms. The molecule has 0 radical (unpaired) electrons. The maximum atomic E-state index is 12.9. The van der Waals surface area contributed by atoms with Crippen molar-refractivity contribution >= 4 is 11.9 Å². The van der Waals surface area contributed by atoms with Crippen molar-refractivity contribution < 1.29 is 9.53 Å². The van der Waals surface area contributed by atoms with Crippen LogP contribution in [0.25, 0.3) is 0 Å². The van der Waals surface area contributed by atoms with Crippen molar-refractivity contribution in [2.24, 2.45) is 4.99 Å². The Morgan fingerprint density at radius 1 is 1.17 bits per heavy atom. The fourth-order valence-electron chi connectivity index (χ4n) is 4.01. The SMILES string of the molecule is CN=C(NC#N)N1CCC(CNC(=O)c2ccccc2OC)(c2ccccc2)CC1. The average molecular weight is 406 g/mol. The van der Waals surface area contributed by atoms with Crippen LogP contribution in [0.3, 0.4) is 0 Å². The third kappa shape index (κ3) is 4.54. The summed E-state index contributed by atoms with van der Waals surface area (Å²) < 4.78 is 5.33. The number of ether oxygens (including phenoxy) is 1. The van der Waals surface area contributed by atoms with Gasteiger partial charge in [0, 0.05) is 32.1 Å². The number of carbonyl (C=O) groups excluding carboxylic acids is 1. The summed E-state index contributed by atoms with van der Waals surface area (Å²) in [6.07, 6.45) is 3.60. The van der Waals surface area contributed by atoms with Crippen LogP contribution < -0.4 is 15.4 Å². The second-order valence-corrected chi connectivity index (χ2v) is 7.30. The molecule has 7 heteroatoms. The number of carbonyl (C=O) groups is 1. The molecule has 2 aromatic rings. The molecule has 0 saturated carbocycles. The number of hydrogen-bond donors (Lipinski definition) is 2. The predicted molar refractivity (Wildman–Crippen MR) is 116 cm³/mol. The average Bonchev–Trinajstić information content (AvgIpc) is 2.82. The van der Waals surface area contributed by atoms with Gasteiger partial charge in [0.25, 0.3) is 5.91 Å². The molecule has 7 nitrogen and oxygen atoms in total. The number of nitrogens with one attached hydrogen (secondary N) is 2. The van der Waals surface area contributed by atoms with Gasteiger partial charge in [0.05, 0.1) is 12.7 Å². The van der Waals surface area contributed by atoms with Gasteiger partial charge in [-0.25, -0.2) is 0 Å². The molecule has 2 N–H and O–H groups in total. The van der Waals surface area contributed by atoms with E-state index in [0.717, 1.165) is 25.9 Å². The highest BCUT2D eigenvalue weighted by Gasteiger charge is 2.37. The number of hydrogen-bond acceptors (Lipinski definition) is 4. The topological polar surface area (TPSA) is 89.8 Å². The molecule has 0 aromatic heterocycles. The largest absolute Gasteiger partial charge is 0.496 e. The van der Waals surface area contributed by atoms with E-state index in [2.05, 4.69) is 32.7 Å². The summed E-state index contributed by atoms with van der Waals surface area (Å²) >= 11 is 0. The first-order valence-electron chi connectivity index (χ1n) is 9.97. The van der Waals surface area contributed by atoms with E-state index in [1.165, 1.54) is 5.56 Å². The first-order valence-corrected chi connectivity index (χ1v) is 9.97. The van der Waals surface area contributed by atoms with Gasteiger partial charge in [0.1, 0.15) is 5.75 Å². The number of nitriles is 1. The van der Waals surface area contributed by atoms with Gasteiger partial charge in [-0.3, -0.25) is 15.1 Å². The summed E-state index contributed by atoms with van der Waals surface area (Å²) in [6, 6.07) is 17.5. The fourth-order valence-corrected chi connectivity index (χ4v) is 4.01. The lowest BCUT2D eigenvalue weighted by molar-refractivity contribution is 0.0929. The molecule has 1 aliphatic heterocycles. The van der Waals surface area contributed by atoms with Crippen molar-refractivity contribution in [3.05, 3.63) is 65.7 Å². The molecule has 0 aliphatic carbocycles. The van der Waals surface area contributed by atoms with E-state index in [4.69, 9.17) is 10.00 Å². The van der Waals surface area contributed by atoms with Gasteiger partial charge in [-0.15, -0.1) is 0 Å². The lowest BCUT2D eigenvalue weighted by atomic mass is 9.72. The minimum atomic E-state index is -0.194. The quantitative estimate of drug-likeness (QED) is 0.345. The molecule has 1 amide bonds. The van der Waals surface area contributed by atoms with E-state index in [9.17, 15) is 4.79 Å². The molecule has 156 valence electrons. The molecular formula is C23H27N5O2. The summed E-state index contributed by atoms with van der Waals surface area (Å²) in [6.45, 7) is 1.99. The summed E-state index contributed by atoms with van der Waals surface area (Å²) in [5.41, 5.74) is 1.54. The van der Waals surface area contributed by atoms with E-state index < -0.39 is 0 Å². The van der Waals surface area contributed by atoms with Gasteiger partial charge in [-0.1, -0.05) is 42.5 Å². The number of likely N-dealkylation sites (tertiary alicyclic amines) is 1. The molecule has 0 unspecified atom stereocenters. The zero-order valence-corrected chi connectivity index (χ0v) is 17.4. The Bertz CT molecular complexity index is 928. The minimum absolute atomic E-state index is 0.146. The van der Waals surface area contributed by atoms with Crippen LogP contribution in [0.4, 0.5) is 0 Å². The molecule has 30 heavy (non-hydrogen) atoms. The highest BCUT2D eigenvalue weighted by molar-refractivity contribution is 5.97. The number of nitrogens with zero attached hydrogens (tertiary/aromatic N) is 3. The van der Waals surface area contributed by atoms with Gasteiger partial charge in [0.15, 0.2) is 6.19 Å². The molecule has 3 rings (SSSR count). The van der Waals surface area contributed by atoms with Crippen LogP contribution in [0.5, 0.6) is 5.75 Å². The third-order valence-electron chi connectivity index (χ3n) is 5.72. The Balaban J connectivity index is 1.78. The van der Waals surface area contributed by atoms with Crippen LogP contribution in [-0.4, -0.2) is 50.6 Å². The van der Waals surface area contributed by atoms with Gasteiger partial charge < -0.3 is 15.0 Å². The monoisotopic (exact) mass is 405 g/mol. The van der Waals surface area contributed by atoms with E-state index in [1.54, 1.807) is 26.3 Å². The maximum absolute atomic E-state index is 12.9. The second kappa shape index (κ2) is 9.79. The molecule has 2 aromatic carbocycles. The number of benzene rings is 2. The smallest absolute Gasteiger partial charge is 0.255 e.